The number of nitrogens with two attached hydrogens (primary N) is 1. The largest absolute Gasteiger partial charge is 0.409 e. The van der Waals surface area contributed by atoms with Crippen molar-refractivity contribution in [2.75, 3.05) is 19.3 Å². The summed E-state index contributed by atoms with van der Waals surface area (Å²) in [6.07, 6.45) is 6.06. The lowest BCUT2D eigenvalue weighted by atomic mass is 9.84. The Morgan fingerprint density at radius 1 is 1.45 bits per heavy atom. The van der Waals surface area contributed by atoms with Crippen molar-refractivity contribution in [2.24, 2.45) is 10.9 Å². The van der Waals surface area contributed by atoms with E-state index >= 15 is 0 Å². The molecule has 2 rings (SSSR count). The van der Waals surface area contributed by atoms with Gasteiger partial charge in [0.15, 0.2) is 0 Å². The average molecular weight is 293 g/mol. The van der Waals surface area contributed by atoms with Gasteiger partial charge in [0, 0.05) is 17.8 Å². The minimum absolute atomic E-state index is 0.0832. The summed E-state index contributed by atoms with van der Waals surface area (Å²) in [6, 6.07) is 9.94. The lowest BCUT2D eigenvalue weighted by molar-refractivity contribution is 0.314. The molecule has 1 aliphatic rings. The molecule has 0 amide bonds. The van der Waals surface area contributed by atoms with Crippen molar-refractivity contribution in [3.05, 3.63) is 35.9 Å². The fraction of sp³-hybridized carbons (Fsp3) is 0.533. The van der Waals surface area contributed by atoms with E-state index in [4.69, 9.17) is 10.9 Å². The summed E-state index contributed by atoms with van der Waals surface area (Å²) < 4.78 is 0.395. The Labute approximate surface area is 124 Å². The maximum absolute atomic E-state index is 8.96. The molecule has 4 N–H and O–H groups in total. The third-order valence-electron chi connectivity index (χ3n) is 4.17. The Kier molecular flexibility index (Phi) is 5.31. The summed E-state index contributed by atoms with van der Waals surface area (Å²) in [6.45, 7) is 1.68. The molecular weight excluding hydrogens is 270 g/mol. The van der Waals surface area contributed by atoms with Crippen molar-refractivity contribution in [3.8, 4) is 0 Å². The van der Waals surface area contributed by atoms with Crippen LogP contribution in [0.25, 0.3) is 0 Å². The van der Waals surface area contributed by atoms with Crippen LogP contribution in [0.5, 0.6) is 0 Å². The van der Waals surface area contributed by atoms with Gasteiger partial charge in [0.05, 0.1) is 5.92 Å². The number of benzene rings is 1. The molecule has 1 fully saturated rings. The predicted molar refractivity (Wildman–Crippen MR) is 85.6 cm³/mol. The molecule has 0 heterocycles. The van der Waals surface area contributed by atoms with Gasteiger partial charge in [0.2, 0.25) is 0 Å². The van der Waals surface area contributed by atoms with Gasteiger partial charge in [0.1, 0.15) is 5.84 Å². The van der Waals surface area contributed by atoms with E-state index in [0.29, 0.717) is 11.3 Å². The highest BCUT2D eigenvalue weighted by Crippen LogP contribution is 2.42. The average Bonchev–Trinajstić information content (AvgIpc) is 2.46. The van der Waals surface area contributed by atoms with Gasteiger partial charge >= 0.3 is 0 Å². The highest BCUT2D eigenvalue weighted by molar-refractivity contribution is 8.00. The van der Waals surface area contributed by atoms with Gasteiger partial charge in [-0.1, -0.05) is 41.9 Å². The van der Waals surface area contributed by atoms with Gasteiger partial charge in [-0.05, 0) is 24.7 Å². The number of amidine groups is 1. The first kappa shape index (κ1) is 15.2. The molecule has 1 unspecified atom stereocenters. The maximum atomic E-state index is 8.96. The van der Waals surface area contributed by atoms with Crippen molar-refractivity contribution in [1.29, 1.82) is 0 Å². The third-order valence-corrected chi connectivity index (χ3v) is 5.59. The predicted octanol–water partition coefficient (Wildman–Crippen LogP) is 2.39. The first-order valence-electron chi connectivity index (χ1n) is 6.99. The van der Waals surface area contributed by atoms with Crippen LogP contribution in [-0.4, -0.2) is 35.1 Å². The molecule has 0 aromatic heterocycles. The maximum Gasteiger partial charge on any atom is 0.147 e. The van der Waals surface area contributed by atoms with Crippen LogP contribution in [0.4, 0.5) is 0 Å². The first-order valence-corrected chi connectivity index (χ1v) is 8.21. The van der Waals surface area contributed by atoms with Crippen molar-refractivity contribution < 1.29 is 5.21 Å². The van der Waals surface area contributed by atoms with Crippen LogP contribution in [0.3, 0.4) is 0 Å². The number of nitrogens with one attached hydrogen (secondary N) is 1. The zero-order valence-corrected chi connectivity index (χ0v) is 12.7. The monoisotopic (exact) mass is 293 g/mol. The molecule has 1 aliphatic carbocycles. The van der Waals surface area contributed by atoms with Crippen molar-refractivity contribution in [1.82, 2.24) is 5.32 Å². The summed E-state index contributed by atoms with van der Waals surface area (Å²) in [7, 11) is 0. The number of oxime groups is 1. The molecule has 0 radical (unpaired) electrons. The van der Waals surface area contributed by atoms with Gasteiger partial charge < -0.3 is 16.3 Å². The van der Waals surface area contributed by atoms with E-state index in [1.54, 1.807) is 0 Å². The lowest BCUT2D eigenvalue weighted by Gasteiger charge is -2.41. The zero-order chi connectivity index (χ0) is 14.4. The van der Waals surface area contributed by atoms with E-state index in [1.807, 2.05) is 42.1 Å². The molecule has 1 atom stereocenters. The number of thioether (sulfide) groups is 1. The molecule has 0 saturated heterocycles. The van der Waals surface area contributed by atoms with Crippen molar-refractivity contribution in [2.45, 2.75) is 29.9 Å². The molecule has 5 heteroatoms. The van der Waals surface area contributed by atoms with Crippen LogP contribution in [0.1, 0.15) is 30.7 Å². The van der Waals surface area contributed by atoms with Crippen LogP contribution in [-0.2, 0) is 0 Å². The van der Waals surface area contributed by atoms with Crippen LogP contribution in [0.15, 0.2) is 35.5 Å². The Balaban J connectivity index is 1.95. The van der Waals surface area contributed by atoms with E-state index < -0.39 is 0 Å². The van der Waals surface area contributed by atoms with E-state index in [0.717, 1.165) is 12.1 Å². The number of hydrogen-bond donors (Lipinski definition) is 3. The van der Waals surface area contributed by atoms with Crippen molar-refractivity contribution in [3.63, 3.8) is 0 Å². The molecule has 1 aromatic carbocycles. The Morgan fingerprint density at radius 3 is 2.65 bits per heavy atom. The molecule has 0 spiro atoms. The lowest BCUT2D eigenvalue weighted by Crippen LogP contribution is -2.45. The zero-order valence-electron chi connectivity index (χ0n) is 11.9. The molecule has 0 bridgehead atoms. The van der Waals surface area contributed by atoms with Crippen LogP contribution < -0.4 is 11.1 Å². The van der Waals surface area contributed by atoms with Crippen LogP contribution >= 0.6 is 11.8 Å². The highest BCUT2D eigenvalue weighted by Gasteiger charge is 2.35. The van der Waals surface area contributed by atoms with E-state index in [-0.39, 0.29) is 11.8 Å². The topological polar surface area (TPSA) is 70.6 Å². The SMILES string of the molecule is CSC1(CNCC(/C(N)=N/O)c2ccccc2)CCC1. The Bertz CT molecular complexity index is 440. The van der Waals surface area contributed by atoms with Gasteiger partial charge in [-0.25, -0.2) is 0 Å². The second-order valence-electron chi connectivity index (χ2n) is 5.36. The van der Waals surface area contributed by atoms with Gasteiger partial charge in [0.25, 0.3) is 0 Å². The highest BCUT2D eigenvalue weighted by atomic mass is 32.2. The summed E-state index contributed by atoms with van der Waals surface area (Å²) in [4.78, 5) is 0. The van der Waals surface area contributed by atoms with Crippen LogP contribution in [0, 0.1) is 0 Å². The van der Waals surface area contributed by atoms with E-state index in [1.165, 1.54) is 19.3 Å². The normalized spacial score (nSPS) is 19.4. The molecule has 110 valence electrons. The smallest absolute Gasteiger partial charge is 0.147 e. The van der Waals surface area contributed by atoms with Gasteiger partial charge in [-0.3, -0.25) is 0 Å². The molecule has 1 aromatic rings. The number of hydrogen-bond acceptors (Lipinski definition) is 4. The molecular formula is C15H23N3OS. The molecule has 4 nitrogen and oxygen atoms in total. The third kappa shape index (κ3) is 3.46. The quantitative estimate of drug-likeness (QED) is 0.312. The Morgan fingerprint density at radius 2 is 2.15 bits per heavy atom. The summed E-state index contributed by atoms with van der Waals surface area (Å²) in [5.74, 6) is 0.177. The van der Waals surface area contributed by atoms with Crippen LogP contribution in [0.2, 0.25) is 0 Å². The summed E-state index contributed by atoms with van der Waals surface area (Å²) in [5.41, 5.74) is 6.90. The fourth-order valence-electron chi connectivity index (χ4n) is 2.62. The fourth-order valence-corrected chi connectivity index (χ4v) is 3.56. The minimum Gasteiger partial charge on any atom is -0.409 e. The molecule has 0 aliphatic heterocycles. The van der Waals surface area contributed by atoms with Gasteiger partial charge in [-0.15, -0.1) is 0 Å². The Hall–Kier alpha value is -1.20. The minimum atomic E-state index is -0.0832. The standard InChI is InChI=1S/C15H23N3OS/c1-20-15(8-5-9-15)11-17-10-13(14(16)18-19)12-6-3-2-4-7-12/h2-4,6-7,13,17,19H,5,8-11H2,1H3,(H2,16,18). The molecule has 20 heavy (non-hydrogen) atoms. The van der Waals surface area contributed by atoms with E-state index in [2.05, 4.69) is 16.7 Å². The first-order chi connectivity index (χ1) is 9.71. The van der Waals surface area contributed by atoms with E-state index in [9.17, 15) is 0 Å². The summed E-state index contributed by atoms with van der Waals surface area (Å²) >= 11 is 1.95. The van der Waals surface area contributed by atoms with Gasteiger partial charge in [-0.2, -0.15) is 11.8 Å². The second-order valence-corrected chi connectivity index (χ2v) is 6.63. The van der Waals surface area contributed by atoms with Crippen molar-refractivity contribution >= 4 is 17.6 Å². The second kappa shape index (κ2) is 6.99. The number of rotatable bonds is 7. The number of nitrogens with zero attached hydrogens (tertiary/aromatic N) is 1. The molecule has 1 saturated carbocycles. The summed E-state index contributed by atoms with van der Waals surface area (Å²) in [5, 5.41) is 15.6.